The summed E-state index contributed by atoms with van der Waals surface area (Å²) in [4.78, 5) is 36.0. The molecule has 0 aromatic heterocycles. The maximum atomic E-state index is 12.3. The molecule has 2 rings (SSSR count). The highest BCUT2D eigenvalue weighted by molar-refractivity contribution is 5.93. The van der Waals surface area contributed by atoms with Crippen LogP contribution in [0.4, 0.5) is 16.2 Å². The van der Waals surface area contributed by atoms with E-state index < -0.39 is 11.7 Å². The molecular formula is C25H33N3O6. The van der Waals surface area contributed by atoms with Crippen LogP contribution in [0, 0.1) is 0 Å². The van der Waals surface area contributed by atoms with Gasteiger partial charge in [-0.1, -0.05) is 6.07 Å². The molecule has 3 amide bonds. The van der Waals surface area contributed by atoms with Gasteiger partial charge in [-0.25, -0.2) is 4.79 Å². The van der Waals surface area contributed by atoms with Crippen LogP contribution in [0.5, 0.6) is 11.5 Å². The maximum absolute atomic E-state index is 12.3. The fourth-order valence-electron chi connectivity index (χ4n) is 2.97. The van der Waals surface area contributed by atoms with E-state index in [9.17, 15) is 14.4 Å². The fraction of sp³-hybridized carbons (Fsp3) is 0.400. The van der Waals surface area contributed by atoms with Crippen molar-refractivity contribution in [2.24, 2.45) is 0 Å². The molecular weight excluding hydrogens is 438 g/mol. The lowest BCUT2D eigenvalue weighted by molar-refractivity contribution is -0.117. The number of ether oxygens (including phenoxy) is 3. The molecule has 0 bridgehead atoms. The number of amides is 3. The van der Waals surface area contributed by atoms with Gasteiger partial charge < -0.3 is 30.2 Å². The van der Waals surface area contributed by atoms with E-state index in [2.05, 4.69) is 16.0 Å². The quantitative estimate of drug-likeness (QED) is 0.480. The van der Waals surface area contributed by atoms with E-state index in [0.29, 0.717) is 35.7 Å². The summed E-state index contributed by atoms with van der Waals surface area (Å²) in [7, 11) is 3.15. The summed E-state index contributed by atoms with van der Waals surface area (Å²) < 4.78 is 15.6. The minimum atomic E-state index is -0.591. The van der Waals surface area contributed by atoms with Crippen molar-refractivity contribution < 1.29 is 28.6 Å². The van der Waals surface area contributed by atoms with Crippen molar-refractivity contribution in [2.75, 3.05) is 31.4 Å². The molecule has 184 valence electrons. The number of benzene rings is 2. The Morgan fingerprint density at radius 2 is 1.35 bits per heavy atom. The van der Waals surface area contributed by atoms with Crippen LogP contribution in [0.25, 0.3) is 0 Å². The molecule has 0 unspecified atom stereocenters. The van der Waals surface area contributed by atoms with Crippen LogP contribution in [0.3, 0.4) is 0 Å². The van der Waals surface area contributed by atoms with E-state index in [1.54, 1.807) is 59.3 Å². The van der Waals surface area contributed by atoms with Gasteiger partial charge >= 0.3 is 6.09 Å². The van der Waals surface area contributed by atoms with Gasteiger partial charge in [0.15, 0.2) is 11.5 Å². The number of methoxy groups -OCH3 is 2. The molecule has 0 aliphatic heterocycles. The molecule has 2 aromatic rings. The van der Waals surface area contributed by atoms with Crippen molar-refractivity contribution in [1.82, 2.24) is 5.32 Å². The van der Waals surface area contributed by atoms with E-state index in [1.165, 1.54) is 0 Å². The minimum Gasteiger partial charge on any atom is -0.493 e. The van der Waals surface area contributed by atoms with Gasteiger partial charge in [0.2, 0.25) is 11.8 Å². The van der Waals surface area contributed by atoms with Crippen LogP contribution in [0.15, 0.2) is 42.5 Å². The number of alkyl carbamates (subject to hydrolysis) is 1. The summed E-state index contributed by atoms with van der Waals surface area (Å²) in [6.07, 6.45) is 0.399. The molecule has 0 aliphatic rings. The topological polar surface area (TPSA) is 115 Å². The Morgan fingerprint density at radius 1 is 0.794 bits per heavy atom. The van der Waals surface area contributed by atoms with Crippen LogP contribution in [0.1, 0.15) is 39.2 Å². The van der Waals surface area contributed by atoms with E-state index in [0.717, 1.165) is 5.56 Å². The van der Waals surface area contributed by atoms with Crippen molar-refractivity contribution >= 4 is 29.3 Å². The third-order valence-corrected chi connectivity index (χ3v) is 4.56. The number of aryl methyl sites for hydroxylation is 1. The maximum Gasteiger partial charge on any atom is 0.407 e. The fourth-order valence-corrected chi connectivity index (χ4v) is 2.97. The molecule has 0 aliphatic carbocycles. The van der Waals surface area contributed by atoms with Crippen LogP contribution in [-0.4, -0.2) is 44.3 Å². The first-order valence-corrected chi connectivity index (χ1v) is 11.0. The van der Waals surface area contributed by atoms with Crippen molar-refractivity contribution in [3.63, 3.8) is 0 Å². The zero-order chi connectivity index (χ0) is 25.1. The lowest BCUT2D eigenvalue weighted by atomic mass is 10.1. The smallest absolute Gasteiger partial charge is 0.407 e. The first-order valence-electron chi connectivity index (χ1n) is 11.0. The second-order valence-electron chi connectivity index (χ2n) is 8.54. The predicted octanol–water partition coefficient (Wildman–Crippen LogP) is 4.13. The summed E-state index contributed by atoms with van der Waals surface area (Å²) in [5.41, 5.74) is 1.59. The normalized spacial score (nSPS) is 10.7. The molecule has 0 heterocycles. The van der Waals surface area contributed by atoms with Gasteiger partial charge in [-0.3, -0.25) is 9.59 Å². The van der Waals surface area contributed by atoms with Gasteiger partial charge in [0, 0.05) is 30.8 Å². The Labute approximate surface area is 200 Å². The number of anilines is 2. The molecule has 0 spiro atoms. The Hall–Kier alpha value is -3.75. The molecule has 34 heavy (non-hydrogen) atoms. The molecule has 2 aromatic carbocycles. The molecule has 0 saturated heterocycles. The van der Waals surface area contributed by atoms with Gasteiger partial charge in [0.1, 0.15) is 5.60 Å². The number of carbonyl (C=O) groups is 3. The minimum absolute atomic E-state index is 0.105. The largest absolute Gasteiger partial charge is 0.493 e. The summed E-state index contributed by atoms with van der Waals surface area (Å²) in [6, 6.07) is 12.4. The van der Waals surface area contributed by atoms with Crippen molar-refractivity contribution in [2.45, 2.75) is 45.6 Å². The first kappa shape index (κ1) is 26.5. The second-order valence-corrected chi connectivity index (χ2v) is 8.54. The van der Waals surface area contributed by atoms with E-state index in [-0.39, 0.29) is 24.8 Å². The second kappa shape index (κ2) is 12.5. The summed E-state index contributed by atoms with van der Waals surface area (Å²) in [5.74, 6) is 0.892. The molecule has 0 atom stereocenters. The van der Waals surface area contributed by atoms with Crippen LogP contribution in [0.2, 0.25) is 0 Å². The van der Waals surface area contributed by atoms with Crippen LogP contribution < -0.4 is 25.4 Å². The van der Waals surface area contributed by atoms with Crippen LogP contribution in [-0.2, 0) is 20.7 Å². The highest BCUT2D eigenvalue weighted by atomic mass is 16.6. The Kier molecular flexibility index (Phi) is 9.73. The van der Waals surface area contributed by atoms with Crippen molar-refractivity contribution in [3.8, 4) is 11.5 Å². The monoisotopic (exact) mass is 471 g/mol. The highest BCUT2D eigenvalue weighted by Crippen LogP contribution is 2.28. The van der Waals surface area contributed by atoms with Gasteiger partial charge in [-0.2, -0.15) is 0 Å². The summed E-state index contributed by atoms with van der Waals surface area (Å²) in [5, 5.41) is 8.13. The molecule has 9 heteroatoms. The molecule has 0 saturated carbocycles. The van der Waals surface area contributed by atoms with E-state index in [4.69, 9.17) is 14.2 Å². The van der Waals surface area contributed by atoms with Gasteiger partial charge in [-0.15, -0.1) is 0 Å². The average molecular weight is 472 g/mol. The molecule has 3 N–H and O–H groups in total. The average Bonchev–Trinajstić information content (AvgIpc) is 2.77. The lowest BCUT2D eigenvalue weighted by Crippen LogP contribution is -2.34. The Morgan fingerprint density at radius 3 is 1.88 bits per heavy atom. The Bertz CT molecular complexity index is 983. The molecule has 0 radical (unpaired) electrons. The van der Waals surface area contributed by atoms with Crippen molar-refractivity contribution in [3.05, 3.63) is 48.0 Å². The number of carbonyl (C=O) groups excluding carboxylic acids is 3. The van der Waals surface area contributed by atoms with Crippen LogP contribution >= 0.6 is 0 Å². The number of hydrogen-bond donors (Lipinski definition) is 3. The zero-order valence-corrected chi connectivity index (χ0v) is 20.3. The first-order chi connectivity index (χ1) is 16.1. The molecule has 9 nitrogen and oxygen atoms in total. The van der Waals surface area contributed by atoms with Crippen molar-refractivity contribution in [1.29, 1.82) is 0 Å². The molecule has 0 fully saturated rings. The summed E-state index contributed by atoms with van der Waals surface area (Å²) in [6.45, 7) is 5.46. The van der Waals surface area contributed by atoms with Gasteiger partial charge in [0.25, 0.3) is 0 Å². The Balaban J connectivity index is 1.75. The van der Waals surface area contributed by atoms with E-state index in [1.807, 2.05) is 18.2 Å². The number of rotatable bonds is 10. The third kappa shape index (κ3) is 9.40. The summed E-state index contributed by atoms with van der Waals surface area (Å²) >= 11 is 0. The van der Waals surface area contributed by atoms with Gasteiger partial charge in [0.05, 0.1) is 14.2 Å². The van der Waals surface area contributed by atoms with Gasteiger partial charge in [-0.05, 0) is 69.2 Å². The predicted molar refractivity (Wildman–Crippen MR) is 130 cm³/mol. The standard InChI is InChI=1S/C25H33N3O6/c1-25(2,3)34-24(31)26-15-14-23(30)28-19-10-8-18(9-11-19)27-22(29)13-7-17-6-12-20(32-4)21(16-17)33-5/h6,8-12,16H,7,13-15H2,1-5H3,(H,26,31)(H,27,29)(H,28,30). The SMILES string of the molecule is COc1ccc(CCC(=O)Nc2ccc(NC(=O)CCNC(=O)OC(C)(C)C)cc2)cc1OC. The number of hydrogen-bond acceptors (Lipinski definition) is 6. The van der Waals surface area contributed by atoms with E-state index >= 15 is 0 Å². The highest BCUT2D eigenvalue weighted by Gasteiger charge is 2.16. The zero-order valence-electron chi connectivity index (χ0n) is 20.3. The third-order valence-electron chi connectivity index (χ3n) is 4.56. The lowest BCUT2D eigenvalue weighted by Gasteiger charge is -2.19. The number of nitrogens with one attached hydrogen (secondary N) is 3.